The van der Waals surface area contributed by atoms with E-state index < -0.39 is 0 Å². The zero-order valence-electron chi connectivity index (χ0n) is 9.65. The van der Waals surface area contributed by atoms with Crippen molar-refractivity contribution < 1.29 is 4.74 Å². The molecule has 16 heavy (non-hydrogen) atoms. The molecule has 1 saturated heterocycles. The number of hydrogen-bond acceptors (Lipinski definition) is 4. The van der Waals surface area contributed by atoms with Crippen LogP contribution in [0.15, 0.2) is 18.3 Å². The number of hydrogen-bond donors (Lipinski definition) is 2. The summed E-state index contributed by atoms with van der Waals surface area (Å²) in [6.07, 6.45) is 3.23. The maximum Gasteiger partial charge on any atom is 0.0588 e. The van der Waals surface area contributed by atoms with Gasteiger partial charge in [0.25, 0.3) is 0 Å². The molecule has 1 aromatic rings. The van der Waals surface area contributed by atoms with Gasteiger partial charge in [-0.3, -0.25) is 4.98 Å². The Morgan fingerprint density at radius 3 is 3.06 bits per heavy atom. The number of pyridine rings is 1. The number of aromatic nitrogens is 1. The van der Waals surface area contributed by atoms with Gasteiger partial charge in [-0.25, -0.2) is 0 Å². The van der Waals surface area contributed by atoms with E-state index in [0.29, 0.717) is 17.7 Å². The lowest BCUT2D eigenvalue weighted by Gasteiger charge is -2.14. The minimum Gasteiger partial charge on any atom is -0.397 e. The number of nitrogens with two attached hydrogens (primary N) is 1. The molecule has 0 radical (unpaired) electrons. The second-order valence-electron chi connectivity index (χ2n) is 4.34. The van der Waals surface area contributed by atoms with E-state index in [1.54, 1.807) is 6.20 Å². The molecule has 0 bridgehead atoms. The highest BCUT2D eigenvalue weighted by molar-refractivity contribution is 5.34. The molecule has 1 aliphatic rings. The summed E-state index contributed by atoms with van der Waals surface area (Å²) in [6, 6.07) is 3.84. The normalized spacial score (nSPS) is 24.8. The average molecular weight is 221 g/mol. The summed E-state index contributed by atoms with van der Waals surface area (Å²) in [4.78, 5) is 4.24. The first-order valence-corrected chi connectivity index (χ1v) is 5.78. The van der Waals surface area contributed by atoms with Gasteiger partial charge in [0.15, 0.2) is 0 Å². The fourth-order valence-electron chi connectivity index (χ4n) is 1.97. The van der Waals surface area contributed by atoms with Gasteiger partial charge in [-0.1, -0.05) is 0 Å². The summed E-state index contributed by atoms with van der Waals surface area (Å²) in [5.74, 6) is 0.633. The van der Waals surface area contributed by atoms with Crippen LogP contribution in [-0.2, 0) is 11.3 Å². The second kappa shape index (κ2) is 5.27. The van der Waals surface area contributed by atoms with Crippen molar-refractivity contribution >= 4 is 5.69 Å². The van der Waals surface area contributed by atoms with Crippen LogP contribution in [0.25, 0.3) is 0 Å². The van der Waals surface area contributed by atoms with Gasteiger partial charge in [0.2, 0.25) is 0 Å². The lowest BCUT2D eigenvalue weighted by molar-refractivity contribution is 0.105. The number of ether oxygens (including phenoxy) is 1. The summed E-state index contributed by atoms with van der Waals surface area (Å²) in [5, 5.41) is 3.41. The van der Waals surface area contributed by atoms with Crippen molar-refractivity contribution in [1.82, 2.24) is 10.3 Å². The zero-order valence-corrected chi connectivity index (χ0v) is 9.65. The Morgan fingerprint density at radius 2 is 2.44 bits per heavy atom. The van der Waals surface area contributed by atoms with Crippen molar-refractivity contribution in [3.8, 4) is 0 Å². The predicted octanol–water partition coefficient (Wildman–Crippen LogP) is 1.18. The Hall–Kier alpha value is -1.13. The van der Waals surface area contributed by atoms with Crippen LogP contribution in [0.4, 0.5) is 5.69 Å². The molecule has 4 heteroatoms. The van der Waals surface area contributed by atoms with Crippen molar-refractivity contribution in [2.24, 2.45) is 5.92 Å². The van der Waals surface area contributed by atoms with Gasteiger partial charge in [0, 0.05) is 19.7 Å². The van der Waals surface area contributed by atoms with Gasteiger partial charge < -0.3 is 15.8 Å². The molecule has 2 unspecified atom stereocenters. The van der Waals surface area contributed by atoms with Gasteiger partial charge in [-0.15, -0.1) is 0 Å². The van der Waals surface area contributed by atoms with E-state index in [9.17, 15) is 0 Å². The van der Waals surface area contributed by atoms with Crippen LogP contribution < -0.4 is 11.1 Å². The Morgan fingerprint density at radius 1 is 1.56 bits per heavy atom. The monoisotopic (exact) mass is 221 g/mol. The predicted molar refractivity (Wildman–Crippen MR) is 63.9 cm³/mol. The molecule has 0 amide bonds. The van der Waals surface area contributed by atoms with Crippen molar-refractivity contribution in [3.05, 3.63) is 24.0 Å². The maximum absolute atomic E-state index is 5.57. The van der Waals surface area contributed by atoms with E-state index >= 15 is 0 Å². The quantitative estimate of drug-likeness (QED) is 0.801. The van der Waals surface area contributed by atoms with Crippen LogP contribution in [-0.4, -0.2) is 24.2 Å². The molecule has 0 saturated carbocycles. The van der Waals surface area contributed by atoms with Gasteiger partial charge in [-0.05, 0) is 31.4 Å². The Bertz CT molecular complexity index is 326. The fraction of sp³-hybridized carbons (Fsp3) is 0.583. The van der Waals surface area contributed by atoms with Crippen LogP contribution >= 0.6 is 0 Å². The molecule has 1 aromatic heterocycles. The SMILES string of the molecule is CC1OCCC1CNCc1ccc(N)cn1. The third-order valence-corrected chi connectivity index (χ3v) is 3.09. The molecule has 0 spiro atoms. The highest BCUT2D eigenvalue weighted by Gasteiger charge is 2.23. The summed E-state index contributed by atoms with van der Waals surface area (Å²) in [7, 11) is 0. The summed E-state index contributed by atoms with van der Waals surface area (Å²) in [6.45, 7) is 4.82. The van der Waals surface area contributed by atoms with Crippen LogP contribution in [0.2, 0.25) is 0 Å². The molecule has 1 fully saturated rings. The standard InChI is InChI=1S/C12H19N3O/c1-9-10(4-5-16-9)6-14-8-12-3-2-11(13)7-15-12/h2-3,7,9-10,14H,4-6,8,13H2,1H3. The van der Waals surface area contributed by atoms with Gasteiger partial charge in [0.05, 0.1) is 23.7 Å². The molecule has 0 aliphatic carbocycles. The van der Waals surface area contributed by atoms with E-state index in [2.05, 4.69) is 17.2 Å². The first-order valence-electron chi connectivity index (χ1n) is 5.78. The van der Waals surface area contributed by atoms with E-state index in [4.69, 9.17) is 10.5 Å². The fourth-order valence-corrected chi connectivity index (χ4v) is 1.97. The first kappa shape index (κ1) is 11.4. The molecule has 3 N–H and O–H groups in total. The largest absolute Gasteiger partial charge is 0.397 e. The molecule has 2 heterocycles. The Balaban J connectivity index is 1.73. The van der Waals surface area contributed by atoms with Crippen LogP contribution in [0.5, 0.6) is 0 Å². The van der Waals surface area contributed by atoms with Gasteiger partial charge in [-0.2, -0.15) is 0 Å². The van der Waals surface area contributed by atoms with Crippen LogP contribution in [0, 0.1) is 5.92 Å². The number of rotatable bonds is 4. The van der Waals surface area contributed by atoms with Crippen molar-refractivity contribution in [2.75, 3.05) is 18.9 Å². The Labute approximate surface area is 96.2 Å². The smallest absolute Gasteiger partial charge is 0.0588 e. The minimum atomic E-state index is 0.381. The van der Waals surface area contributed by atoms with Gasteiger partial charge >= 0.3 is 0 Å². The third-order valence-electron chi connectivity index (χ3n) is 3.09. The molecular formula is C12H19N3O. The second-order valence-corrected chi connectivity index (χ2v) is 4.34. The van der Waals surface area contributed by atoms with E-state index in [-0.39, 0.29) is 0 Å². The minimum absolute atomic E-state index is 0.381. The average Bonchev–Trinajstić information content (AvgIpc) is 2.68. The molecule has 0 aromatic carbocycles. The summed E-state index contributed by atoms with van der Waals surface area (Å²) in [5.41, 5.74) is 7.31. The first-order chi connectivity index (χ1) is 7.75. The van der Waals surface area contributed by atoms with Crippen LogP contribution in [0.3, 0.4) is 0 Å². The highest BCUT2D eigenvalue weighted by atomic mass is 16.5. The van der Waals surface area contributed by atoms with Crippen molar-refractivity contribution in [2.45, 2.75) is 26.0 Å². The summed E-state index contributed by atoms with van der Waals surface area (Å²) < 4.78 is 5.51. The Kier molecular flexibility index (Phi) is 3.74. The van der Waals surface area contributed by atoms with Crippen LogP contribution in [0.1, 0.15) is 19.0 Å². The molecule has 4 nitrogen and oxygen atoms in total. The maximum atomic E-state index is 5.57. The van der Waals surface area contributed by atoms with E-state index in [0.717, 1.165) is 31.8 Å². The molecule has 2 atom stereocenters. The summed E-state index contributed by atoms with van der Waals surface area (Å²) >= 11 is 0. The lowest BCUT2D eigenvalue weighted by Crippen LogP contribution is -2.26. The van der Waals surface area contributed by atoms with Crippen molar-refractivity contribution in [3.63, 3.8) is 0 Å². The van der Waals surface area contributed by atoms with E-state index in [1.165, 1.54) is 0 Å². The lowest BCUT2D eigenvalue weighted by atomic mass is 10.0. The molecule has 2 rings (SSSR count). The number of nitrogens with zero attached hydrogens (tertiary/aromatic N) is 1. The number of nitrogens with one attached hydrogen (secondary N) is 1. The molecular weight excluding hydrogens is 202 g/mol. The molecule has 1 aliphatic heterocycles. The topological polar surface area (TPSA) is 60.2 Å². The van der Waals surface area contributed by atoms with E-state index in [1.807, 2.05) is 12.1 Å². The number of anilines is 1. The molecule has 88 valence electrons. The zero-order chi connectivity index (χ0) is 11.4. The van der Waals surface area contributed by atoms with Gasteiger partial charge in [0.1, 0.15) is 0 Å². The van der Waals surface area contributed by atoms with Crippen molar-refractivity contribution in [1.29, 1.82) is 0 Å². The third kappa shape index (κ3) is 2.93. The highest BCUT2D eigenvalue weighted by Crippen LogP contribution is 2.19. The number of nitrogen functional groups attached to an aromatic ring is 1.